The van der Waals surface area contributed by atoms with E-state index in [1.807, 2.05) is 23.1 Å². The van der Waals surface area contributed by atoms with Crippen LogP contribution in [0.2, 0.25) is 0 Å². The maximum absolute atomic E-state index is 12.5. The summed E-state index contributed by atoms with van der Waals surface area (Å²) in [4.78, 5) is 26.9. The van der Waals surface area contributed by atoms with E-state index in [0.29, 0.717) is 17.2 Å². The minimum absolute atomic E-state index is 0.176. The third-order valence-corrected chi connectivity index (χ3v) is 5.16. The van der Waals surface area contributed by atoms with E-state index in [1.165, 1.54) is 6.26 Å². The monoisotopic (exact) mass is 377 g/mol. The molecular weight excluding hydrogens is 358 g/mol. The topological polar surface area (TPSA) is 88.6 Å². The van der Waals surface area contributed by atoms with Crippen LogP contribution in [0.5, 0.6) is 0 Å². The van der Waals surface area contributed by atoms with Gasteiger partial charge in [-0.1, -0.05) is 5.16 Å². The molecule has 2 aromatic heterocycles. The fourth-order valence-corrected chi connectivity index (χ4v) is 3.57. The van der Waals surface area contributed by atoms with E-state index in [9.17, 15) is 9.59 Å². The quantitative estimate of drug-likeness (QED) is 0.745. The molecule has 2 aliphatic rings. The Hall–Kier alpha value is -3.35. The predicted octanol–water partition coefficient (Wildman–Crippen LogP) is 3.88. The molecule has 1 fully saturated rings. The third kappa shape index (κ3) is 3.09. The van der Waals surface area contributed by atoms with Crippen molar-refractivity contribution in [2.75, 3.05) is 16.8 Å². The molecule has 142 valence electrons. The Morgan fingerprint density at radius 1 is 1.14 bits per heavy atom. The standard InChI is InChI=1S/C21H19N3O4/c25-20(16-12-19(28-23-16)18-4-2-10-27-18)22-15-7-8-17-14(11-15)3-1-9-24(17)21(26)13-5-6-13/h2,4,7-8,10-13H,1,3,5-6,9H2,(H,22,25). The van der Waals surface area contributed by atoms with Crippen molar-refractivity contribution in [2.45, 2.75) is 25.7 Å². The van der Waals surface area contributed by atoms with Crippen LogP contribution in [0.15, 0.2) is 51.6 Å². The van der Waals surface area contributed by atoms with Gasteiger partial charge in [-0.2, -0.15) is 0 Å². The lowest BCUT2D eigenvalue weighted by Gasteiger charge is -2.30. The number of carbonyl (C=O) groups is 2. The summed E-state index contributed by atoms with van der Waals surface area (Å²) >= 11 is 0. The molecule has 1 aliphatic carbocycles. The lowest BCUT2D eigenvalue weighted by atomic mass is 10.0. The summed E-state index contributed by atoms with van der Waals surface area (Å²) < 4.78 is 10.4. The molecule has 7 nitrogen and oxygen atoms in total. The molecule has 28 heavy (non-hydrogen) atoms. The highest BCUT2D eigenvalue weighted by Gasteiger charge is 2.35. The Morgan fingerprint density at radius 3 is 2.82 bits per heavy atom. The summed E-state index contributed by atoms with van der Waals surface area (Å²) in [5.74, 6) is 0.977. The average Bonchev–Trinajstić information content (AvgIpc) is 3.19. The van der Waals surface area contributed by atoms with Crippen molar-refractivity contribution in [1.82, 2.24) is 5.16 Å². The molecule has 1 N–H and O–H groups in total. The van der Waals surface area contributed by atoms with E-state index in [1.54, 1.807) is 18.2 Å². The third-order valence-electron chi connectivity index (χ3n) is 5.16. The maximum atomic E-state index is 12.5. The fourth-order valence-electron chi connectivity index (χ4n) is 3.57. The molecule has 0 spiro atoms. The van der Waals surface area contributed by atoms with Crippen molar-refractivity contribution in [3.8, 4) is 11.5 Å². The average molecular weight is 377 g/mol. The summed E-state index contributed by atoms with van der Waals surface area (Å²) in [5, 5.41) is 6.67. The number of furan rings is 1. The van der Waals surface area contributed by atoms with Crippen LogP contribution in [0.4, 0.5) is 11.4 Å². The van der Waals surface area contributed by atoms with Gasteiger partial charge < -0.3 is 19.2 Å². The van der Waals surface area contributed by atoms with Crippen LogP contribution in [0.3, 0.4) is 0 Å². The first-order valence-electron chi connectivity index (χ1n) is 9.45. The molecular formula is C21H19N3O4. The van der Waals surface area contributed by atoms with Crippen LogP contribution in [0.25, 0.3) is 11.5 Å². The molecule has 7 heteroatoms. The summed E-state index contributed by atoms with van der Waals surface area (Å²) in [5.41, 5.74) is 2.89. The van der Waals surface area contributed by atoms with E-state index in [0.717, 1.165) is 43.5 Å². The minimum atomic E-state index is -0.358. The molecule has 2 amide bonds. The highest BCUT2D eigenvalue weighted by Crippen LogP contribution is 2.36. The molecule has 3 aromatic rings. The largest absolute Gasteiger partial charge is 0.461 e. The van der Waals surface area contributed by atoms with Crippen molar-refractivity contribution in [2.24, 2.45) is 5.92 Å². The zero-order chi connectivity index (χ0) is 19.1. The SMILES string of the molecule is O=C(Nc1ccc2c(c1)CCCN2C(=O)C1CC1)c1cc(-c2ccco2)on1. The second-order valence-corrected chi connectivity index (χ2v) is 7.22. The lowest BCUT2D eigenvalue weighted by molar-refractivity contribution is -0.119. The Labute approximate surface area is 161 Å². The van der Waals surface area contributed by atoms with Crippen molar-refractivity contribution in [3.05, 3.63) is 53.9 Å². The first kappa shape index (κ1) is 16.8. The molecule has 3 heterocycles. The van der Waals surface area contributed by atoms with Crippen molar-refractivity contribution >= 4 is 23.2 Å². The Balaban J connectivity index is 1.33. The highest BCUT2D eigenvalue weighted by molar-refractivity contribution is 6.04. The minimum Gasteiger partial charge on any atom is -0.461 e. The molecule has 0 saturated heterocycles. The van der Waals surface area contributed by atoms with Gasteiger partial charge in [0.05, 0.1) is 6.26 Å². The van der Waals surface area contributed by atoms with Gasteiger partial charge in [0.25, 0.3) is 5.91 Å². The van der Waals surface area contributed by atoms with Crippen LogP contribution >= 0.6 is 0 Å². The lowest BCUT2D eigenvalue weighted by Crippen LogP contribution is -2.36. The highest BCUT2D eigenvalue weighted by atomic mass is 16.5. The number of hydrogen-bond acceptors (Lipinski definition) is 5. The number of nitrogens with zero attached hydrogens (tertiary/aromatic N) is 2. The zero-order valence-electron chi connectivity index (χ0n) is 15.2. The first-order valence-corrected chi connectivity index (χ1v) is 9.45. The van der Waals surface area contributed by atoms with E-state index < -0.39 is 0 Å². The molecule has 1 saturated carbocycles. The number of rotatable bonds is 4. The summed E-state index contributed by atoms with van der Waals surface area (Å²) in [7, 11) is 0. The Bertz CT molecular complexity index is 1030. The number of anilines is 2. The van der Waals surface area contributed by atoms with Gasteiger partial charge in [-0.3, -0.25) is 9.59 Å². The normalized spacial score (nSPS) is 15.9. The zero-order valence-corrected chi connectivity index (χ0v) is 15.2. The number of aromatic nitrogens is 1. The summed E-state index contributed by atoms with van der Waals surface area (Å²) in [6, 6.07) is 10.7. The first-order chi connectivity index (χ1) is 13.7. The van der Waals surface area contributed by atoms with Crippen LogP contribution in [-0.2, 0) is 11.2 Å². The van der Waals surface area contributed by atoms with Crippen LogP contribution < -0.4 is 10.2 Å². The summed E-state index contributed by atoms with van der Waals surface area (Å²) in [6.45, 7) is 0.766. The van der Waals surface area contributed by atoms with Crippen LogP contribution in [-0.4, -0.2) is 23.5 Å². The van der Waals surface area contributed by atoms with Crippen LogP contribution in [0, 0.1) is 5.92 Å². The second-order valence-electron chi connectivity index (χ2n) is 7.22. The summed E-state index contributed by atoms with van der Waals surface area (Å²) in [6.07, 6.45) is 5.34. The van der Waals surface area contributed by atoms with Gasteiger partial charge >= 0.3 is 0 Å². The molecule has 1 aromatic carbocycles. The van der Waals surface area contributed by atoms with Crippen molar-refractivity contribution in [1.29, 1.82) is 0 Å². The van der Waals surface area contributed by atoms with E-state index in [2.05, 4.69) is 10.5 Å². The van der Waals surface area contributed by atoms with E-state index >= 15 is 0 Å². The number of nitrogens with one attached hydrogen (secondary N) is 1. The predicted molar refractivity (Wildman–Crippen MR) is 102 cm³/mol. The fraction of sp³-hybridized carbons (Fsp3) is 0.286. The smallest absolute Gasteiger partial charge is 0.277 e. The number of fused-ring (bicyclic) bond motifs is 1. The molecule has 0 unspecified atom stereocenters. The molecule has 0 bridgehead atoms. The van der Waals surface area contributed by atoms with Crippen LogP contribution in [0.1, 0.15) is 35.3 Å². The maximum Gasteiger partial charge on any atom is 0.277 e. The number of hydrogen-bond donors (Lipinski definition) is 1. The molecule has 5 rings (SSSR count). The number of benzene rings is 1. The van der Waals surface area contributed by atoms with Gasteiger partial charge in [-0.25, -0.2) is 0 Å². The van der Waals surface area contributed by atoms with Gasteiger partial charge in [0.15, 0.2) is 11.5 Å². The van der Waals surface area contributed by atoms with E-state index in [-0.39, 0.29) is 23.4 Å². The molecule has 1 aliphatic heterocycles. The van der Waals surface area contributed by atoms with Gasteiger partial charge in [0.1, 0.15) is 0 Å². The van der Waals surface area contributed by atoms with E-state index in [4.69, 9.17) is 8.94 Å². The number of aryl methyl sites for hydroxylation is 1. The number of carbonyl (C=O) groups excluding carboxylic acids is 2. The van der Waals surface area contributed by atoms with Gasteiger partial charge in [-0.15, -0.1) is 0 Å². The van der Waals surface area contributed by atoms with Gasteiger partial charge in [0, 0.05) is 29.9 Å². The second kappa shape index (κ2) is 6.67. The van der Waals surface area contributed by atoms with Gasteiger partial charge in [-0.05, 0) is 61.6 Å². The van der Waals surface area contributed by atoms with Crippen molar-refractivity contribution in [3.63, 3.8) is 0 Å². The Kier molecular flexibility index (Phi) is 4.00. The van der Waals surface area contributed by atoms with Gasteiger partial charge in [0.2, 0.25) is 11.7 Å². The molecule has 0 atom stereocenters. The Morgan fingerprint density at radius 2 is 2.04 bits per heavy atom. The molecule has 0 radical (unpaired) electrons. The number of amides is 2. The van der Waals surface area contributed by atoms with Crippen molar-refractivity contribution < 1.29 is 18.5 Å².